The molecule has 0 aliphatic carbocycles. The van der Waals surface area contributed by atoms with Crippen molar-refractivity contribution in [3.05, 3.63) is 29.5 Å². The van der Waals surface area contributed by atoms with Crippen molar-refractivity contribution in [1.82, 2.24) is 29.8 Å². The molecule has 3 aromatic rings. The molecule has 0 unspecified atom stereocenters. The second-order valence-corrected chi connectivity index (χ2v) is 9.29. The number of aromatic nitrogens is 4. The van der Waals surface area contributed by atoms with Gasteiger partial charge < -0.3 is 20.3 Å². The molecule has 1 aliphatic rings. The van der Waals surface area contributed by atoms with Gasteiger partial charge in [-0.2, -0.15) is 5.10 Å². The summed E-state index contributed by atoms with van der Waals surface area (Å²) in [6, 6.07) is 2.04. The van der Waals surface area contributed by atoms with Gasteiger partial charge in [0.2, 0.25) is 5.91 Å². The molecular weight excluding hydrogens is 454 g/mol. The van der Waals surface area contributed by atoms with Gasteiger partial charge in [0, 0.05) is 49.9 Å². The number of ether oxygens (including phenoxy) is 1. The van der Waals surface area contributed by atoms with Crippen LogP contribution in [0.2, 0.25) is 0 Å². The number of fused-ring (bicyclic) bond motifs is 1. The van der Waals surface area contributed by atoms with E-state index >= 15 is 0 Å². The lowest BCUT2D eigenvalue weighted by Crippen LogP contribution is -2.47. The molecule has 2 amide bonds. The molecule has 1 fully saturated rings. The topological polar surface area (TPSA) is 114 Å². The third-order valence-corrected chi connectivity index (χ3v) is 6.97. The smallest absolute Gasteiger partial charge is 0.272 e. The predicted octanol–water partition coefficient (Wildman–Crippen LogP) is 2.82. The van der Waals surface area contributed by atoms with Gasteiger partial charge in [-0.05, 0) is 25.7 Å². The first kappa shape index (κ1) is 24.1. The lowest BCUT2D eigenvalue weighted by molar-refractivity contribution is -0.125. The predicted molar refractivity (Wildman–Crippen MR) is 131 cm³/mol. The number of likely N-dealkylation sites (tertiary alicyclic amines) is 1. The summed E-state index contributed by atoms with van der Waals surface area (Å²) in [6.07, 6.45) is 6.91. The zero-order valence-corrected chi connectivity index (χ0v) is 20.6. The first-order valence-corrected chi connectivity index (χ1v) is 12.5. The van der Waals surface area contributed by atoms with Crippen LogP contribution in [0.4, 0.5) is 5.82 Å². The number of carbonyl (C=O) groups excluding carboxylic acids is 2. The number of hydrogen-bond acceptors (Lipinski definition) is 8. The Balaban J connectivity index is 1.56. The van der Waals surface area contributed by atoms with Gasteiger partial charge in [0.15, 0.2) is 5.82 Å². The van der Waals surface area contributed by atoms with E-state index in [1.54, 1.807) is 33.0 Å². The molecule has 1 saturated heterocycles. The van der Waals surface area contributed by atoms with E-state index in [-0.39, 0.29) is 30.5 Å². The van der Waals surface area contributed by atoms with Crippen LogP contribution in [0, 0.1) is 0 Å². The molecular formula is C23H31N7O3S. The summed E-state index contributed by atoms with van der Waals surface area (Å²) >= 11 is 1.56. The van der Waals surface area contributed by atoms with Crippen LogP contribution in [-0.4, -0.2) is 75.2 Å². The van der Waals surface area contributed by atoms with E-state index < -0.39 is 0 Å². The lowest BCUT2D eigenvalue weighted by Gasteiger charge is -2.32. The molecule has 34 heavy (non-hydrogen) atoms. The van der Waals surface area contributed by atoms with Crippen molar-refractivity contribution < 1.29 is 14.3 Å². The monoisotopic (exact) mass is 485 g/mol. The van der Waals surface area contributed by atoms with Gasteiger partial charge in [0.25, 0.3) is 5.91 Å². The maximum atomic E-state index is 13.4. The van der Waals surface area contributed by atoms with Crippen molar-refractivity contribution in [2.45, 2.75) is 51.6 Å². The maximum absolute atomic E-state index is 13.4. The van der Waals surface area contributed by atoms with Crippen LogP contribution in [0.3, 0.4) is 0 Å². The molecule has 0 atom stereocenters. The number of anilines is 1. The van der Waals surface area contributed by atoms with E-state index in [1.165, 1.54) is 7.11 Å². The van der Waals surface area contributed by atoms with E-state index in [0.29, 0.717) is 43.3 Å². The van der Waals surface area contributed by atoms with Gasteiger partial charge in [0.1, 0.15) is 22.9 Å². The summed E-state index contributed by atoms with van der Waals surface area (Å²) in [4.78, 5) is 37.3. The minimum absolute atomic E-state index is 0.0410. The van der Waals surface area contributed by atoms with E-state index in [2.05, 4.69) is 34.6 Å². The molecule has 0 radical (unpaired) electrons. The molecule has 11 heteroatoms. The third-order valence-electron chi connectivity index (χ3n) is 6.08. The van der Waals surface area contributed by atoms with Crippen LogP contribution >= 0.6 is 11.3 Å². The molecule has 4 rings (SSSR count). The number of nitrogens with one attached hydrogen (secondary N) is 2. The minimum atomic E-state index is -0.133. The highest BCUT2D eigenvalue weighted by Gasteiger charge is 2.27. The van der Waals surface area contributed by atoms with Crippen molar-refractivity contribution in [2.24, 2.45) is 0 Å². The third kappa shape index (κ3) is 5.36. The molecule has 2 N–H and O–H groups in total. The second kappa shape index (κ2) is 10.9. The number of carbonyl (C=O) groups is 2. The zero-order valence-electron chi connectivity index (χ0n) is 19.8. The summed E-state index contributed by atoms with van der Waals surface area (Å²) in [5.41, 5.74) is 1.16. The van der Waals surface area contributed by atoms with Crippen LogP contribution in [0.1, 0.15) is 50.0 Å². The van der Waals surface area contributed by atoms with Gasteiger partial charge in [-0.15, -0.1) is 11.3 Å². The lowest BCUT2D eigenvalue weighted by atomic mass is 10.0. The fourth-order valence-electron chi connectivity index (χ4n) is 4.12. The quantitative estimate of drug-likeness (QED) is 0.479. The van der Waals surface area contributed by atoms with Gasteiger partial charge in [0.05, 0.1) is 11.8 Å². The fraction of sp³-hybridized carbons (Fsp3) is 0.522. The van der Waals surface area contributed by atoms with Crippen molar-refractivity contribution in [3.8, 4) is 11.4 Å². The standard InChI is InChI=1S/C23H31N7O3S/c1-4-15(5-2)25-19-12-18(27-21(28-19)17-13-24-30-10-11-34-23(17)30)22(32)29-8-6-16(7-9-29)26-20(31)14-33-3/h10-13,15-16H,4-9,14H2,1-3H3,(H,26,31)(H,25,27,28). The Morgan fingerprint density at radius 2 is 2.00 bits per heavy atom. The molecule has 1 aliphatic heterocycles. The van der Waals surface area contributed by atoms with Crippen molar-refractivity contribution in [3.63, 3.8) is 0 Å². The summed E-state index contributed by atoms with van der Waals surface area (Å²) in [5.74, 6) is 0.858. The summed E-state index contributed by atoms with van der Waals surface area (Å²) in [6.45, 7) is 5.39. The Morgan fingerprint density at radius 1 is 1.24 bits per heavy atom. The van der Waals surface area contributed by atoms with E-state index in [1.807, 2.05) is 11.6 Å². The van der Waals surface area contributed by atoms with Crippen LogP contribution in [0.15, 0.2) is 23.8 Å². The van der Waals surface area contributed by atoms with E-state index in [4.69, 9.17) is 9.72 Å². The number of hydrogen-bond donors (Lipinski definition) is 2. The normalized spacial score (nSPS) is 14.6. The molecule has 182 valence electrons. The van der Waals surface area contributed by atoms with Crippen LogP contribution in [0.25, 0.3) is 16.2 Å². The first-order chi connectivity index (χ1) is 16.5. The number of piperidine rings is 1. The molecule has 0 bridgehead atoms. The Bertz CT molecular complexity index is 1130. The Hall–Kier alpha value is -3.05. The van der Waals surface area contributed by atoms with Crippen LogP contribution in [0.5, 0.6) is 0 Å². The minimum Gasteiger partial charge on any atom is -0.375 e. The number of nitrogens with zero attached hydrogens (tertiary/aromatic N) is 5. The van der Waals surface area contributed by atoms with Gasteiger partial charge in [-0.1, -0.05) is 13.8 Å². The van der Waals surface area contributed by atoms with Gasteiger partial charge in [-0.25, -0.2) is 14.5 Å². The Morgan fingerprint density at radius 3 is 2.71 bits per heavy atom. The van der Waals surface area contributed by atoms with Crippen molar-refractivity contribution >= 4 is 33.8 Å². The highest BCUT2D eigenvalue weighted by Crippen LogP contribution is 2.27. The molecule has 3 aromatic heterocycles. The summed E-state index contributed by atoms with van der Waals surface area (Å²) in [5, 5.41) is 12.7. The number of thiazole rings is 1. The van der Waals surface area contributed by atoms with Gasteiger partial charge in [-0.3, -0.25) is 9.59 Å². The van der Waals surface area contributed by atoms with Crippen LogP contribution < -0.4 is 10.6 Å². The van der Waals surface area contributed by atoms with E-state index in [9.17, 15) is 9.59 Å². The number of rotatable bonds is 9. The van der Waals surface area contributed by atoms with Crippen LogP contribution in [-0.2, 0) is 9.53 Å². The molecule has 10 nitrogen and oxygen atoms in total. The largest absolute Gasteiger partial charge is 0.375 e. The second-order valence-electron chi connectivity index (χ2n) is 8.40. The molecule has 0 saturated carbocycles. The van der Waals surface area contributed by atoms with E-state index in [0.717, 1.165) is 23.2 Å². The maximum Gasteiger partial charge on any atom is 0.272 e. The Labute approximate surface area is 202 Å². The SMILES string of the molecule is CCC(CC)Nc1cc(C(=O)N2CCC(NC(=O)COC)CC2)nc(-c2cnn3ccsc23)n1. The number of methoxy groups -OCH3 is 1. The first-order valence-electron chi connectivity index (χ1n) is 11.7. The molecule has 0 spiro atoms. The summed E-state index contributed by atoms with van der Waals surface area (Å²) in [7, 11) is 1.50. The highest BCUT2D eigenvalue weighted by atomic mass is 32.1. The van der Waals surface area contributed by atoms with Gasteiger partial charge >= 0.3 is 0 Å². The molecule has 0 aromatic carbocycles. The van der Waals surface area contributed by atoms with Crippen molar-refractivity contribution in [1.29, 1.82) is 0 Å². The Kier molecular flexibility index (Phi) is 7.73. The van der Waals surface area contributed by atoms with Crippen molar-refractivity contribution in [2.75, 3.05) is 32.1 Å². The fourth-order valence-corrected chi connectivity index (χ4v) is 4.92. The average Bonchev–Trinajstić information content (AvgIpc) is 3.47. The average molecular weight is 486 g/mol. The number of amides is 2. The zero-order chi connectivity index (χ0) is 24.1. The highest BCUT2D eigenvalue weighted by molar-refractivity contribution is 7.16. The summed E-state index contributed by atoms with van der Waals surface area (Å²) < 4.78 is 6.66. The molecule has 4 heterocycles.